The first-order chi connectivity index (χ1) is 9.61. The van der Waals surface area contributed by atoms with Crippen LogP contribution in [0.25, 0.3) is 0 Å². The number of aliphatic hydroxyl groups is 1. The molecule has 1 aliphatic rings. The second-order valence-electron chi connectivity index (χ2n) is 5.24. The van der Waals surface area contributed by atoms with E-state index in [0.717, 1.165) is 32.0 Å². The van der Waals surface area contributed by atoms with Crippen LogP contribution in [0.15, 0.2) is 18.2 Å². The number of aliphatic hydroxyl groups excluding tert-OH is 1. The van der Waals surface area contributed by atoms with E-state index in [1.54, 1.807) is 0 Å². The number of benzene rings is 1. The van der Waals surface area contributed by atoms with Crippen molar-refractivity contribution in [1.29, 1.82) is 0 Å². The molecule has 0 saturated carbocycles. The van der Waals surface area contributed by atoms with Crippen LogP contribution in [0.4, 0.5) is 8.78 Å². The Labute approximate surface area is 117 Å². The lowest BCUT2D eigenvalue weighted by Gasteiger charge is -2.15. The molecule has 0 bridgehead atoms. The third kappa shape index (κ3) is 3.61. The van der Waals surface area contributed by atoms with Gasteiger partial charge in [-0.25, -0.2) is 8.78 Å². The molecule has 1 heterocycles. The SMILES string of the molecule is O=C(CCN1CCC(CCO)C1)c1cccc(F)c1F. The molecule has 20 heavy (non-hydrogen) atoms. The molecule has 0 spiro atoms. The van der Waals surface area contributed by atoms with Gasteiger partial charge >= 0.3 is 0 Å². The number of Topliss-reactive ketones (excluding diaryl/α,β-unsaturated/α-hetero) is 1. The lowest BCUT2D eigenvalue weighted by molar-refractivity contribution is 0.0963. The topological polar surface area (TPSA) is 40.5 Å². The number of likely N-dealkylation sites (tertiary alicyclic amines) is 1. The predicted octanol–water partition coefficient (Wildman–Crippen LogP) is 2.24. The van der Waals surface area contributed by atoms with Crippen molar-refractivity contribution < 1.29 is 18.7 Å². The predicted molar refractivity (Wildman–Crippen MR) is 71.6 cm³/mol. The van der Waals surface area contributed by atoms with E-state index in [4.69, 9.17) is 5.11 Å². The highest BCUT2D eigenvalue weighted by molar-refractivity contribution is 5.96. The van der Waals surface area contributed by atoms with Gasteiger partial charge in [0.05, 0.1) is 5.56 Å². The molecule has 1 aromatic rings. The third-order valence-corrected chi connectivity index (χ3v) is 3.81. The summed E-state index contributed by atoms with van der Waals surface area (Å²) < 4.78 is 26.5. The number of hydrogen-bond acceptors (Lipinski definition) is 3. The van der Waals surface area contributed by atoms with Gasteiger partial charge in [0.25, 0.3) is 0 Å². The summed E-state index contributed by atoms with van der Waals surface area (Å²) >= 11 is 0. The normalized spacial score (nSPS) is 19.4. The van der Waals surface area contributed by atoms with E-state index in [9.17, 15) is 13.6 Å². The zero-order valence-electron chi connectivity index (χ0n) is 11.3. The second kappa shape index (κ2) is 6.90. The molecule has 0 aliphatic carbocycles. The molecule has 1 aromatic carbocycles. The van der Waals surface area contributed by atoms with Crippen LogP contribution in [0.5, 0.6) is 0 Å². The van der Waals surface area contributed by atoms with E-state index in [2.05, 4.69) is 4.90 Å². The first-order valence-corrected chi connectivity index (χ1v) is 6.92. The Hall–Kier alpha value is -1.33. The summed E-state index contributed by atoms with van der Waals surface area (Å²) in [6, 6.07) is 3.67. The average Bonchev–Trinajstić information content (AvgIpc) is 2.87. The van der Waals surface area contributed by atoms with Crippen molar-refractivity contribution in [2.75, 3.05) is 26.2 Å². The summed E-state index contributed by atoms with van der Waals surface area (Å²) in [7, 11) is 0. The molecule has 1 fully saturated rings. The Morgan fingerprint density at radius 3 is 2.95 bits per heavy atom. The van der Waals surface area contributed by atoms with E-state index in [-0.39, 0.29) is 24.4 Å². The van der Waals surface area contributed by atoms with E-state index in [1.165, 1.54) is 12.1 Å². The minimum absolute atomic E-state index is 0.170. The highest BCUT2D eigenvalue weighted by atomic mass is 19.2. The van der Waals surface area contributed by atoms with Crippen molar-refractivity contribution >= 4 is 5.78 Å². The molecule has 2 rings (SSSR count). The lowest BCUT2D eigenvalue weighted by atomic mass is 10.1. The third-order valence-electron chi connectivity index (χ3n) is 3.81. The molecule has 0 aromatic heterocycles. The van der Waals surface area contributed by atoms with Gasteiger partial charge in [-0.3, -0.25) is 4.79 Å². The minimum Gasteiger partial charge on any atom is -0.396 e. The molecule has 1 saturated heterocycles. The number of halogens is 2. The van der Waals surface area contributed by atoms with Gasteiger partial charge in [0.1, 0.15) is 0 Å². The molecule has 110 valence electrons. The minimum atomic E-state index is -1.06. The van der Waals surface area contributed by atoms with Gasteiger partial charge < -0.3 is 10.0 Å². The molecular formula is C15H19F2NO2. The van der Waals surface area contributed by atoms with E-state index < -0.39 is 11.6 Å². The maximum absolute atomic E-state index is 13.5. The van der Waals surface area contributed by atoms with Crippen LogP contribution in [0.2, 0.25) is 0 Å². The van der Waals surface area contributed by atoms with E-state index in [0.29, 0.717) is 12.5 Å². The number of rotatable bonds is 6. The van der Waals surface area contributed by atoms with Crippen LogP contribution in [0, 0.1) is 17.6 Å². The van der Waals surface area contributed by atoms with Crippen LogP contribution < -0.4 is 0 Å². The molecular weight excluding hydrogens is 264 g/mol. The van der Waals surface area contributed by atoms with Crippen molar-refractivity contribution in [2.45, 2.75) is 19.3 Å². The zero-order valence-corrected chi connectivity index (χ0v) is 11.3. The van der Waals surface area contributed by atoms with Crippen molar-refractivity contribution in [1.82, 2.24) is 4.90 Å². The van der Waals surface area contributed by atoms with Crippen LogP contribution in [0.3, 0.4) is 0 Å². The lowest BCUT2D eigenvalue weighted by Crippen LogP contribution is -2.24. The molecule has 1 unspecified atom stereocenters. The van der Waals surface area contributed by atoms with Crippen LogP contribution in [0.1, 0.15) is 29.6 Å². The smallest absolute Gasteiger partial charge is 0.169 e. The Morgan fingerprint density at radius 1 is 1.40 bits per heavy atom. The van der Waals surface area contributed by atoms with Gasteiger partial charge in [0.2, 0.25) is 0 Å². The van der Waals surface area contributed by atoms with Gasteiger partial charge in [-0.15, -0.1) is 0 Å². The summed E-state index contributed by atoms with van der Waals surface area (Å²) in [5.41, 5.74) is -0.170. The van der Waals surface area contributed by atoms with Gasteiger partial charge in [0.15, 0.2) is 17.4 Å². The summed E-state index contributed by atoms with van der Waals surface area (Å²) in [5.74, 6) is -1.94. The second-order valence-corrected chi connectivity index (χ2v) is 5.24. The Kier molecular flexibility index (Phi) is 5.20. The van der Waals surface area contributed by atoms with Gasteiger partial charge in [-0.05, 0) is 37.4 Å². The number of carbonyl (C=O) groups excluding carboxylic acids is 1. The number of hydrogen-bond donors (Lipinski definition) is 1. The highest BCUT2D eigenvalue weighted by Crippen LogP contribution is 2.20. The quantitative estimate of drug-likeness (QED) is 0.814. The van der Waals surface area contributed by atoms with Crippen LogP contribution >= 0.6 is 0 Å². The summed E-state index contributed by atoms with van der Waals surface area (Å²) in [5, 5.41) is 8.89. The Morgan fingerprint density at radius 2 is 2.20 bits per heavy atom. The first-order valence-electron chi connectivity index (χ1n) is 6.92. The van der Waals surface area contributed by atoms with Gasteiger partial charge in [-0.2, -0.15) is 0 Å². The molecule has 0 radical (unpaired) electrons. The zero-order chi connectivity index (χ0) is 14.5. The van der Waals surface area contributed by atoms with Crippen LogP contribution in [-0.2, 0) is 0 Å². The Bertz CT molecular complexity index is 479. The summed E-state index contributed by atoms with van der Waals surface area (Å²) in [6.45, 7) is 2.49. The van der Waals surface area contributed by atoms with Crippen LogP contribution in [-0.4, -0.2) is 42.0 Å². The molecule has 1 N–H and O–H groups in total. The summed E-state index contributed by atoms with van der Waals surface area (Å²) in [4.78, 5) is 14.0. The van der Waals surface area contributed by atoms with E-state index >= 15 is 0 Å². The van der Waals surface area contributed by atoms with Crippen molar-refractivity contribution in [3.63, 3.8) is 0 Å². The molecule has 5 heteroatoms. The summed E-state index contributed by atoms with van der Waals surface area (Å²) in [6.07, 6.45) is 1.98. The molecule has 1 aliphatic heterocycles. The first kappa shape index (κ1) is 15.1. The number of carbonyl (C=O) groups is 1. The van der Waals surface area contributed by atoms with Crippen molar-refractivity contribution in [3.05, 3.63) is 35.4 Å². The fraction of sp³-hybridized carbons (Fsp3) is 0.533. The average molecular weight is 283 g/mol. The van der Waals surface area contributed by atoms with Gasteiger partial charge in [0, 0.05) is 26.1 Å². The molecule has 3 nitrogen and oxygen atoms in total. The molecule has 0 amide bonds. The molecule has 1 atom stereocenters. The number of nitrogens with zero attached hydrogens (tertiary/aromatic N) is 1. The van der Waals surface area contributed by atoms with Crippen molar-refractivity contribution in [3.8, 4) is 0 Å². The fourth-order valence-electron chi connectivity index (χ4n) is 2.65. The largest absolute Gasteiger partial charge is 0.396 e. The monoisotopic (exact) mass is 283 g/mol. The highest BCUT2D eigenvalue weighted by Gasteiger charge is 2.23. The standard InChI is InChI=1S/C15H19F2NO2/c16-13-3-1-2-12(15(13)17)14(20)5-8-18-7-4-11(10-18)6-9-19/h1-3,11,19H,4-10H2. The van der Waals surface area contributed by atoms with Crippen molar-refractivity contribution in [2.24, 2.45) is 5.92 Å². The number of ketones is 1. The fourth-order valence-corrected chi connectivity index (χ4v) is 2.65. The van der Waals surface area contributed by atoms with E-state index in [1.807, 2.05) is 0 Å². The Balaban J connectivity index is 1.85. The van der Waals surface area contributed by atoms with Gasteiger partial charge in [-0.1, -0.05) is 6.07 Å². The maximum atomic E-state index is 13.5. The maximum Gasteiger partial charge on any atom is 0.169 e.